The highest BCUT2D eigenvalue weighted by Crippen LogP contribution is 2.12. The fraction of sp³-hybridized carbons (Fsp3) is 0.200. The second kappa shape index (κ2) is 2.87. The van der Waals surface area contributed by atoms with Gasteiger partial charge in [-0.1, -0.05) is 11.6 Å². The minimum Gasteiger partial charge on any atom is -0.478 e. The number of carboxylic acids is 1. The first-order valence-electron chi connectivity index (χ1n) is 2.67. The molecule has 6 heteroatoms. The van der Waals surface area contributed by atoms with Crippen molar-refractivity contribution < 1.29 is 14.3 Å². The lowest BCUT2D eigenvalue weighted by atomic mass is 10.4. The van der Waals surface area contributed by atoms with E-state index in [0.29, 0.717) is 0 Å². The minimum absolute atomic E-state index is 0.190. The quantitative estimate of drug-likeness (QED) is 0.740. The molecular formula is C5H4ClFN2O2. The van der Waals surface area contributed by atoms with E-state index in [-0.39, 0.29) is 10.7 Å². The molecule has 4 nitrogen and oxygen atoms in total. The molecule has 0 unspecified atom stereocenters. The van der Waals surface area contributed by atoms with Crippen LogP contribution in [0.3, 0.4) is 0 Å². The molecule has 0 radical (unpaired) electrons. The number of aromatic nitrogens is 2. The highest BCUT2D eigenvalue weighted by Gasteiger charge is 2.12. The van der Waals surface area contributed by atoms with Gasteiger partial charge in [0.05, 0.1) is 0 Å². The van der Waals surface area contributed by atoms with Crippen LogP contribution >= 0.6 is 11.6 Å². The monoisotopic (exact) mass is 178 g/mol. The summed E-state index contributed by atoms with van der Waals surface area (Å²) < 4.78 is 12.6. The Kier molecular flexibility index (Phi) is 2.09. The molecule has 0 amide bonds. The van der Waals surface area contributed by atoms with Crippen LogP contribution in [-0.4, -0.2) is 20.9 Å². The van der Waals surface area contributed by atoms with Gasteiger partial charge in [0.25, 0.3) is 0 Å². The molecule has 1 heterocycles. The number of alkyl halides is 1. The zero-order valence-corrected chi connectivity index (χ0v) is 6.05. The van der Waals surface area contributed by atoms with E-state index < -0.39 is 12.8 Å². The van der Waals surface area contributed by atoms with E-state index in [1.54, 1.807) is 0 Å². The number of hydrogen-bond donors (Lipinski definition) is 1. The predicted molar refractivity (Wildman–Crippen MR) is 35.3 cm³/mol. The van der Waals surface area contributed by atoms with E-state index in [4.69, 9.17) is 16.7 Å². The Morgan fingerprint density at radius 1 is 1.91 bits per heavy atom. The maximum Gasteiger partial charge on any atom is 0.340 e. The van der Waals surface area contributed by atoms with Crippen LogP contribution in [0.15, 0.2) is 6.20 Å². The van der Waals surface area contributed by atoms with Crippen molar-refractivity contribution in [3.8, 4) is 0 Å². The van der Waals surface area contributed by atoms with Gasteiger partial charge in [-0.15, -0.1) is 0 Å². The molecule has 1 N–H and O–H groups in total. The second-order valence-corrected chi connectivity index (χ2v) is 2.16. The van der Waals surface area contributed by atoms with E-state index in [9.17, 15) is 9.18 Å². The summed E-state index contributed by atoms with van der Waals surface area (Å²) in [7, 11) is 0. The van der Waals surface area contributed by atoms with Gasteiger partial charge in [0.2, 0.25) is 0 Å². The largest absolute Gasteiger partial charge is 0.478 e. The van der Waals surface area contributed by atoms with Crippen molar-refractivity contribution in [1.82, 2.24) is 9.78 Å². The van der Waals surface area contributed by atoms with E-state index in [0.717, 1.165) is 10.9 Å². The average Bonchev–Trinajstić information content (AvgIpc) is 2.30. The van der Waals surface area contributed by atoms with Crippen molar-refractivity contribution in [3.63, 3.8) is 0 Å². The van der Waals surface area contributed by atoms with Crippen molar-refractivity contribution in [2.45, 2.75) is 6.80 Å². The van der Waals surface area contributed by atoms with Crippen LogP contribution in [-0.2, 0) is 6.80 Å². The minimum atomic E-state index is -1.21. The Hall–Kier alpha value is -1.10. The lowest BCUT2D eigenvalue weighted by Crippen LogP contribution is -1.94. The molecule has 1 aromatic heterocycles. The first kappa shape index (κ1) is 8.00. The normalized spacial score (nSPS) is 10.0. The summed E-state index contributed by atoms with van der Waals surface area (Å²) in [5, 5.41) is 11.6. The van der Waals surface area contributed by atoms with Gasteiger partial charge in [0, 0.05) is 6.20 Å². The standard InChI is InChI=1S/C5H4ClFN2O2/c6-4-3(5(10)11)1-9(2-7)8-4/h1H,2H2,(H,10,11). The number of carboxylic acid groups (broad SMARTS) is 1. The Balaban J connectivity index is 3.07. The molecule has 0 bridgehead atoms. The van der Waals surface area contributed by atoms with Crippen LogP contribution in [0.1, 0.15) is 10.4 Å². The van der Waals surface area contributed by atoms with Crippen molar-refractivity contribution in [3.05, 3.63) is 16.9 Å². The smallest absolute Gasteiger partial charge is 0.340 e. The van der Waals surface area contributed by atoms with Crippen LogP contribution in [0.4, 0.5) is 4.39 Å². The molecule has 0 fully saturated rings. The molecule has 0 spiro atoms. The summed E-state index contributed by atoms with van der Waals surface area (Å²) in [6.45, 7) is -0.882. The zero-order valence-electron chi connectivity index (χ0n) is 5.29. The SMILES string of the molecule is O=C(O)c1cn(CF)nc1Cl. The first-order valence-corrected chi connectivity index (χ1v) is 3.05. The molecule has 0 atom stereocenters. The predicted octanol–water partition coefficient (Wildman–Crippen LogP) is 1.16. The summed E-state index contributed by atoms with van der Waals surface area (Å²) >= 11 is 5.34. The highest BCUT2D eigenvalue weighted by molar-refractivity contribution is 6.32. The van der Waals surface area contributed by atoms with E-state index >= 15 is 0 Å². The number of carbonyl (C=O) groups is 1. The molecule has 60 valence electrons. The molecule has 0 aliphatic rings. The molecular weight excluding hydrogens is 175 g/mol. The zero-order chi connectivity index (χ0) is 8.43. The van der Waals surface area contributed by atoms with E-state index in [1.165, 1.54) is 0 Å². The molecule has 11 heavy (non-hydrogen) atoms. The van der Waals surface area contributed by atoms with Crippen LogP contribution in [0, 0.1) is 0 Å². The molecule has 0 saturated carbocycles. The van der Waals surface area contributed by atoms with Gasteiger partial charge in [0.15, 0.2) is 12.0 Å². The van der Waals surface area contributed by atoms with Crippen LogP contribution in [0.5, 0.6) is 0 Å². The first-order chi connectivity index (χ1) is 5.15. The number of halogens is 2. The van der Waals surface area contributed by atoms with Crippen LogP contribution in [0.25, 0.3) is 0 Å². The molecule has 0 aliphatic heterocycles. The van der Waals surface area contributed by atoms with Gasteiger partial charge in [-0.3, -0.25) is 0 Å². The lowest BCUT2D eigenvalue weighted by Gasteiger charge is -1.85. The molecule has 1 aromatic rings. The van der Waals surface area contributed by atoms with Crippen LogP contribution in [0.2, 0.25) is 5.15 Å². The van der Waals surface area contributed by atoms with E-state index in [2.05, 4.69) is 5.10 Å². The number of nitrogens with zero attached hydrogens (tertiary/aromatic N) is 2. The Morgan fingerprint density at radius 2 is 2.55 bits per heavy atom. The third-order valence-electron chi connectivity index (χ3n) is 1.07. The van der Waals surface area contributed by atoms with Crippen molar-refractivity contribution >= 4 is 17.6 Å². The third kappa shape index (κ3) is 1.48. The average molecular weight is 179 g/mol. The maximum absolute atomic E-state index is 11.8. The molecule has 0 saturated heterocycles. The number of hydrogen-bond acceptors (Lipinski definition) is 2. The third-order valence-corrected chi connectivity index (χ3v) is 1.35. The van der Waals surface area contributed by atoms with Gasteiger partial charge < -0.3 is 5.11 Å². The summed E-state index contributed by atoms with van der Waals surface area (Å²) in [5.74, 6) is -1.21. The van der Waals surface area contributed by atoms with Crippen molar-refractivity contribution in [2.75, 3.05) is 0 Å². The fourth-order valence-electron chi connectivity index (χ4n) is 0.602. The summed E-state index contributed by atoms with van der Waals surface area (Å²) in [5.41, 5.74) is -0.190. The van der Waals surface area contributed by atoms with Gasteiger partial charge in [-0.25, -0.2) is 13.9 Å². The molecule has 0 aliphatic carbocycles. The topological polar surface area (TPSA) is 55.1 Å². The summed E-state index contributed by atoms with van der Waals surface area (Å²) in [6, 6.07) is 0. The molecule has 1 rings (SSSR count). The Bertz CT molecular complexity index is 286. The number of rotatable bonds is 2. The van der Waals surface area contributed by atoms with E-state index in [1.807, 2.05) is 0 Å². The van der Waals surface area contributed by atoms with Gasteiger partial charge >= 0.3 is 5.97 Å². The molecule has 0 aromatic carbocycles. The van der Waals surface area contributed by atoms with Gasteiger partial charge in [0.1, 0.15) is 5.56 Å². The summed E-state index contributed by atoms with van der Waals surface area (Å²) in [4.78, 5) is 10.3. The lowest BCUT2D eigenvalue weighted by molar-refractivity contribution is 0.0697. The Labute approximate surface area is 66.2 Å². The summed E-state index contributed by atoms with van der Waals surface area (Å²) in [6.07, 6.45) is 1.03. The second-order valence-electron chi connectivity index (χ2n) is 1.80. The van der Waals surface area contributed by atoms with Crippen molar-refractivity contribution in [1.29, 1.82) is 0 Å². The highest BCUT2D eigenvalue weighted by atomic mass is 35.5. The number of aromatic carboxylic acids is 1. The van der Waals surface area contributed by atoms with Crippen molar-refractivity contribution in [2.24, 2.45) is 0 Å². The van der Waals surface area contributed by atoms with Gasteiger partial charge in [-0.2, -0.15) is 5.10 Å². The van der Waals surface area contributed by atoms with Crippen LogP contribution < -0.4 is 0 Å². The Morgan fingerprint density at radius 3 is 2.82 bits per heavy atom. The fourth-order valence-corrected chi connectivity index (χ4v) is 0.829. The maximum atomic E-state index is 11.8. The van der Waals surface area contributed by atoms with Gasteiger partial charge in [-0.05, 0) is 0 Å².